The van der Waals surface area contributed by atoms with Gasteiger partial charge in [-0.3, -0.25) is 4.79 Å². The molecule has 4 nitrogen and oxygen atoms in total. The van der Waals surface area contributed by atoms with E-state index in [0.29, 0.717) is 11.1 Å². The normalized spacial score (nSPS) is 15.4. The van der Waals surface area contributed by atoms with E-state index in [2.05, 4.69) is 0 Å². The zero-order chi connectivity index (χ0) is 17.1. The topological polar surface area (TPSA) is 63.6 Å². The van der Waals surface area contributed by atoms with Gasteiger partial charge in [-0.1, -0.05) is 54.6 Å². The van der Waals surface area contributed by atoms with Gasteiger partial charge in [-0.15, -0.1) is 0 Å². The Morgan fingerprint density at radius 1 is 1.04 bits per heavy atom. The van der Waals surface area contributed by atoms with Gasteiger partial charge in [0.2, 0.25) is 0 Å². The highest BCUT2D eigenvalue weighted by Crippen LogP contribution is 2.34. The fourth-order valence-corrected chi connectivity index (χ4v) is 2.67. The molecule has 0 radical (unpaired) electrons. The average Bonchev–Trinajstić information content (AvgIpc) is 2.60. The van der Waals surface area contributed by atoms with Crippen molar-refractivity contribution in [1.82, 2.24) is 0 Å². The van der Waals surface area contributed by atoms with Crippen molar-refractivity contribution in [2.24, 2.45) is 0 Å². The first kappa shape index (κ1) is 15.7. The van der Waals surface area contributed by atoms with Crippen LogP contribution in [0.3, 0.4) is 0 Å². The van der Waals surface area contributed by atoms with Crippen LogP contribution in [0.5, 0.6) is 0 Å². The summed E-state index contributed by atoms with van der Waals surface area (Å²) in [5, 5.41) is 10.6. The third-order valence-electron chi connectivity index (χ3n) is 3.77. The maximum atomic E-state index is 12.9. The lowest BCUT2D eigenvalue weighted by molar-refractivity contribution is -0.138. The number of esters is 1. The van der Waals surface area contributed by atoms with Gasteiger partial charge in [0.15, 0.2) is 5.78 Å². The van der Waals surface area contributed by atoms with Crippen LogP contribution in [-0.4, -0.2) is 23.5 Å². The highest BCUT2D eigenvalue weighted by molar-refractivity contribution is 6.26. The van der Waals surface area contributed by atoms with Crippen LogP contribution in [0.1, 0.15) is 28.4 Å². The second-order valence-corrected chi connectivity index (χ2v) is 5.29. The van der Waals surface area contributed by atoms with Crippen LogP contribution in [-0.2, 0) is 9.53 Å². The molecule has 0 atom stereocenters. The number of Topliss-reactive ketones (excluding diaryl/α,β-unsaturated/α-hetero) is 1. The van der Waals surface area contributed by atoms with Gasteiger partial charge in [0.1, 0.15) is 11.3 Å². The molecule has 120 valence electrons. The Hall–Kier alpha value is -3.14. The number of ether oxygens (including phenoxy) is 1. The average molecular weight is 320 g/mol. The van der Waals surface area contributed by atoms with E-state index >= 15 is 0 Å². The van der Waals surface area contributed by atoms with Crippen molar-refractivity contribution in [2.75, 3.05) is 6.61 Å². The minimum absolute atomic E-state index is 0.0931. The first-order valence-electron chi connectivity index (χ1n) is 7.65. The molecule has 0 saturated carbocycles. The molecule has 0 fully saturated rings. The lowest BCUT2D eigenvalue weighted by Crippen LogP contribution is -2.22. The first-order chi connectivity index (χ1) is 11.6. The molecule has 0 spiro atoms. The van der Waals surface area contributed by atoms with Gasteiger partial charge in [-0.25, -0.2) is 4.79 Å². The molecule has 2 aromatic carbocycles. The Bertz CT molecular complexity index is 860. The molecule has 1 aliphatic carbocycles. The van der Waals surface area contributed by atoms with Crippen molar-refractivity contribution in [3.05, 3.63) is 82.4 Å². The Morgan fingerprint density at radius 2 is 1.67 bits per heavy atom. The largest absolute Gasteiger partial charge is 0.506 e. The molecule has 0 saturated heterocycles. The highest BCUT2D eigenvalue weighted by atomic mass is 16.5. The second kappa shape index (κ2) is 6.54. The Balaban J connectivity index is 2.23. The summed E-state index contributed by atoms with van der Waals surface area (Å²) >= 11 is 0. The molecule has 0 aromatic heterocycles. The maximum absolute atomic E-state index is 12.9. The Morgan fingerprint density at radius 3 is 2.33 bits per heavy atom. The summed E-state index contributed by atoms with van der Waals surface area (Å²) in [7, 11) is 0. The van der Waals surface area contributed by atoms with Gasteiger partial charge >= 0.3 is 5.97 Å². The van der Waals surface area contributed by atoms with Crippen LogP contribution >= 0.6 is 0 Å². The monoisotopic (exact) mass is 320 g/mol. The van der Waals surface area contributed by atoms with Crippen molar-refractivity contribution >= 4 is 23.6 Å². The quantitative estimate of drug-likeness (QED) is 0.690. The number of ketones is 1. The summed E-state index contributed by atoms with van der Waals surface area (Å²) in [5.74, 6) is -1.25. The van der Waals surface area contributed by atoms with E-state index in [1.807, 2.05) is 30.3 Å². The van der Waals surface area contributed by atoms with Gasteiger partial charge < -0.3 is 9.84 Å². The van der Waals surface area contributed by atoms with E-state index in [1.54, 1.807) is 37.3 Å². The summed E-state index contributed by atoms with van der Waals surface area (Å²) in [6.45, 7) is 1.83. The predicted octanol–water partition coefficient (Wildman–Crippen LogP) is 3.80. The number of fused-ring (bicyclic) bond motifs is 1. The fourth-order valence-electron chi connectivity index (χ4n) is 2.67. The van der Waals surface area contributed by atoms with Crippen molar-refractivity contribution in [3.8, 4) is 0 Å². The third-order valence-corrected chi connectivity index (χ3v) is 3.77. The lowest BCUT2D eigenvalue weighted by Gasteiger charge is -2.20. The minimum atomic E-state index is -0.708. The van der Waals surface area contributed by atoms with E-state index in [0.717, 1.165) is 5.56 Å². The number of aliphatic hydroxyl groups is 1. The van der Waals surface area contributed by atoms with Gasteiger partial charge in [0.25, 0.3) is 0 Å². The summed E-state index contributed by atoms with van der Waals surface area (Å²) < 4.78 is 5.03. The number of benzene rings is 2. The predicted molar refractivity (Wildman–Crippen MR) is 91.4 cm³/mol. The zero-order valence-electron chi connectivity index (χ0n) is 13.2. The lowest BCUT2D eigenvalue weighted by atomic mass is 9.84. The number of carbonyl (C=O) groups is 2. The molecule has 0 aliphatic heterocycles. The molecule has 1 N–H and O–H groups in total. The van der Waals surface area contributed by atoms with E-state index in [1.165, 1.54) is 0 Å². The standard InChI is InChI=1S/C20H16O4/c1-2-24-20(23)17-16(12-13-8-4-3-5-9-13)18(21)14-10-6-7-11-15(14)19(17)22/h3-12,22H,2H2,1H3. The smallest absolute Gasteiger partial charge is 0.342 e. The molecule has 4 heteroatoms. The molecule has 2 aromatic rings. The van der Waals surface area contributed by atoms with E-state index < -0.39 is 5.97 Å². The highest BCUT2D eigenvalue weighted by Gasteiger charge is 2.34. The summed E-state index contributed by atoms with van der Waals surface area (Å²) in [6, 6.07) is 15.8. The second-order valence-electron chi connectivity index (χ2n) is 5.29. The van der Waals surface area contributed by atoms with Gasteiger partial charge in [-0.2, -0.15) is 0 Å². The van der Waals surface area contributed by atoms with Gasteiger partial charge in [0, 0.05) is 16.7 Å². The van der Waals surface area contributed by atoms with Crippen LogP contribution in [0, 0.1) is 0 Å². The SMILES string of the molecule is CCOC(=O)C1=C(O)c2ccccc2C(=O)C1=Cc1ccccc1. The van der Waals surface area contributed by atoms with Crippen LogP contribution in [0.2, 0.25) is 0 Å². The molecule has 0 heterocycles. The van der Waals surface area contributed by atoms with Crippen molar-refractivity contribution < 1.29 is 19.4 Å². The molecular weight excluding hydrogens is 304 g/mol. The van der Waals surface area contributed by atoms with E-state index in [9.17, 15) is 14.7 Å². The van der Waals surface area contributed by atoms with Crippen LogP contribution in [0.4, 0.5) is 0 Å². The van der Waals surface area contributed by atoms with Crippen molar-refractivity contribution in [3.63, 3.8) is 0 Å². The molecule has 3 rings (SSSR count). The molecule has 0 amide bonds. The fraction of sp³-hybridized carbons (Fsp3) is 0.100. The van der Waals surface area contributed by atoms with Crippen LogP contribution < -0.4 is 0 Å². The van der Waals surface area contributed by atoms with Crippen LogP contribution in [0.25, 0.3) is 11.8 Å². The molecular formula is C20H16O4. The first-order valence-corrected chi connectivity index (χ1v) is 7.65. The summed E-state index contributed by atoms with van der Waals surface area (Å²) in [5.41, 5.74) is 1.51. The number of aliphatic hydroxyl groups excluding tert-OH is 1. The number of rotatable bonds is 3. The number of hydrogen-bond donors (Lipinski definition) is 1. The van der Waals surface area contributed by atoms with Gasteiger partial charge in [0.05, 0.1) is 6.61 Å². The molecule has 0 bridgehead atoms. The van der Waals surface area contributed by atoms with Crippen molar-refractivity contribution in [1.29, 1.82) is 0 Å². The summed E-state index contributed by atoms with van der Waals surface area (Å²) in [4.78, 5) is 25.2. The molecule has 1 aliphatic rings. The molecule has 24 heavy (non-hydrogen) atoms. The van der Waals surface area contributed by atoms with Gasteiger partial charge in [-0.05, 0) is 18.6 Å². The summed E-state index contributed by atoms with van der Waals surface area (Å²) in [6.07, 6.45) is 1.60. The molecule has 0 unspecified atom stereocenters. The Labute approximate surface area is 139 Å². The minimum Gasteiger partial charge on any atom is -0.506 e. The maximum Gasteiger partial charge on any atom is 0.342 e. The van der Waals surface area contributed by atoms with E-state index in [-0.39, 0.29) is 29.3 Å². The Kier molecular flexibility index (Phi) is 4.29. The van der Waals surface area contributed by atoms with Crippen molar-refractivity contribution in [2.45, 2.75) is 6.92 Å². The number of carbonyl (C=O) groups excluding carboxylic acids is 2. The zero-order valence-corrected chi connectivity index (χ0v) is 13.2. The van der Waals surface area contributed by atoms with Crippen LogP contribution in [0.15, 0.2) is 65.7 Å². The number of hydrogen-bond acceptors (Lipinski definition) is 4. The third kappa shape index (κ3) is 2.74. The van der Waals surface area contributed by atoms with E-state index in [4.69, 9.17) is 4.74 Å².